The Labute approximate surface area is 156 Å². The molecule has 4 heterocycles. The van der Waals surface area contributed by atoms with Crippen molar-refractivity contribution in [1.29, 1.82) is 0 Å². The number of carbonyl (C=O) groups is 1. The number of allylic oxidation sites excluding steroid dienone is 2. The zero-order valence-corrected chi connectivity index (χ0v) is 15.8. The molecule has 0 fully saturated rings. The van der Waals surface area contributed by atoms with E-state index in [2.05, 4.69) is 43.5 Å². The normalized spacial score (nSPS) is 20.8. The molecule has 2 N–H and O–H groups in total. The Balaban J connectivity index is 1.60. The van der Waals surface area contributed by atoms with E-state index in [0.29, 0.717) is 17.1 Å². The first-order valence-corrected chi connectivity index (χ1v) is 9.04. The Morgan fingerprint density at radius 2 is 2.32 bits per heavy atom. The van der Waals surface area contributed by atoms with Crippen LogP contribution in [-0.4, -0.2) is 32.4 Å². The van der Waals surface area contributed by atoms with E-state index in [0.717, 1.165) is 15.3 Å². The molecule has 0 saturated carbocycles. The van der Waals surface area contributed by atoms with E-state index < -0.39 is 0 Å². The summed E-state index contributed by atoms with van der Waals surface area (Å²) in [5.41, 5.74) is 1.93. The molecule has 1 atom stereocenters. The third-order valence-corrected chi connectivity index (χ3v) is 5.58. The highest BCUT2D eigenvalue weighted by Gasteiger charge is 2.42. The summed E-state index contributed by atoms with van der Waals surface area (Å²) < 4.78 is 7.99. The van der Waals surface area contributed by atoms with E-state index in [1.54, 1.807) is 43.5 Å². The molecule has 4 rings (SSSR count). The largest absolute Gasteiger partial charge is 0.495 e. The first kappa shape index (κ1) is 16.2. The summed E-state index contributed by atoms with van der Waals surface area (Å²) in [4.78, 5) is 20.7. The van der Waals surface area contributed by atoms with E-state index in [9.17, 15) is 4.79 Å². The number of fused-ring (bicyclic) bond motifs is 3. The van der Waals surface area contributed by atoms with Crippen LogP contribution in [0.2, 0.25) is 0 Å². The molecule has 0 spiro atoms. The Bertz CT molecular complexity index is 938. The second-order valence-corrected chi connectivity index (χ2v) is 7.99. The second-order valence-electron chi connectivity index (χ2n) is 5.68. The number of hydrogen-bond donors (Lipinski definition) is 2. The number of pyridine rings is 1. The van der Waals surface area contributed by atoms with Gasteiger partial charge in [-0.05, 0) is 28.9 Å². The van der Waals surface area contributed by atoms with Crippen molar-refractivity contribution in [3.63, 3.8) is 0 Å². The summed E-state index contributed by atoms with van der Waals surface area (Å²) in [6.45, 7) is 2.08. The lowest BCUT2D eigenvalue weighted by molar-refractivity contribution is 0.102. The summed E-state index contributed by atoms with van der Waals surface area (Å²) in [7, 11) is 1.55. The second kappa shape index (κ2) is 5.92. The van der Waals surface area contributed by atoms with Crippen LogP contribution < -0.4 is 15.4 Å². The maximum Gasteiger partial charge on any atom is 0.275 e. The van der Waals surface area contributed by atoms with Crippen LogP contribution in [0, 0.1) is 0 Å². The molecule has 0 radical (unpaired) electrons. The monoisotopic (exact) mass is 419 g/mol. The number of aromatic nitrogens is 3. The minimum absolute atomic E-state index is 0.286. The van der Waals surface area contributed by atoms with Gasteiger partial charge in [0.25, 0.3) is 5.91 Å². The molecule has 0 aliphatic carbocycles. The lowest BCUT2D eigenvalue weighted by Crippen LogP contribution is -2.37. The summed E-state index contributed by atoms with van der Waals surface area (Å²) in [5, 5.41) is 6.90. The van der Waals surface area contributed by atoms with Gasteiger partial charge in [-0.1, -0.05) is 11.8 Å². The number of dihydropyridines is 1. The molecular formula is C16H14BrN5O2S. The minimum Gasteiger partial charge on any atom is -0.495 e. The highest BCUT2D eigenvalue weighted by molar-refractivity contribution is 9.11. The highest BCUT2D eigenvalue weighted by Crippen LogP contribution is 2.48. The molecule has 0 saturated heterocycles. The number of methoxy groups -OCH3 is 1. The van der Waals surface area contributed by atoms with Gasteiger partial charge in [-0.25, -0.2) is 4.98 Å². The molecule has 1 unspecified atom stereocenters. The Kier molecular flexibility index (Phi) is 3.84. The van der Waals surface area contributed by atoms with Gasteiger partial charge in [-0.15, -0.1) is 0 Å². The molecule has 2 aromatic heterocycles. The topological polar surface area (TPSA) is 81.1 Å². The van der Waals surface area contributed by atoms with Crippen molar-refractivity contribution in [2.45, 2.75) is 17.0 Å². The number of nitrogens with one attached hydrogen (secondary N) is 2. The van der Waals surface area contributed by atoms with Crippen molar-refractivity contribution in [2.75, 3.05) is 12.4 Å². The number of nitrogens with zero attached hydrogens (tertiary/aromatic N) is 3. The highest BCUT2D eigenvalue weighted by atomic mass is 79.9. The van der Waals surface area contributed by atoms with Crippen molar-refractivity contribution in [3.05, 3.63) is 47.1 Å². The standard InChI is InChI=1S/C16H14BrN5O2S/c1-16-13(3-9(17)5-19-16)22-8-12(21-15(22)25-16)14(23)20-10-4-11(24-2)7-18-6-10/h3-8,19H,1-2H3,(H,20,23). The smallest absolute Gasteiger partial charge is 0.275 e. The van der Waals surface area contributed by atoms with Crippen LogP contribution in [0.25, 0.3) is 5.70 Å². The maximum absolute atomic E-state index is 12.5. The number of amides is 1. The van der Waals surface area contributed by atoms with Crippen LogP contribution in [0.1, 0.15) is 17.4 Å². The SMILES string of the molecule is COc1cncc(NC(=O)c2cn3c(n2)SC2(C)NC=C(Br)C=C32)c1. The molecule has 1 amide bonds. The molecule has 2 aliphatic rings. The fraction of sp³-hybridized carbons (Fsp3) is 0.188. The van der Waals surface area contributed by atoms with E-state index in [1.807, 2.05) is 16.8 Å². The predicted octanol–water partition coefficient (Wildman–Crippen LogP) is 3.04. The van der Waals surface area contributed by atoms with E-state index in [1.165, 1.54) is 0 Å². The van der Waals surface area contributed by atoms with Gasteiger partial charge < -0.3 is 15.4 Å². The van der Waals surface area contributed by atoms with E-state index in [4.69, 9.17) is 4.74 Å². The van der Waals surface area contributed by atoms with Crippen LogP contribution in [0.5, 0.6) is 5.75 Å². The zero-order valence-electron chi connectivity index (χ0n) is 13.4. The predicted molar refractivity (Wildman–Crippen MR) is 99.6 cm³/mol. The number of carbonyl (C=O) groups excluding carboxylic acids is 1. The van der Waals surface area contributed by atoms with Gasteiger partial charge in [0.2, 0.25) is 0 Å². The Hall–Kier alpha value is -2.26. The fourth-order valence-corrected chi connectivity index (χ4v) is 4.14. The van der Waals surface area contributed by atoms with E-state index >= 15 is 0 Å². The average Bonchev–Trinajstić information content (AvgIpc) is 3.11. The third kappa shape index (κ3) is 2.83. The maximum atomic E-state index is 12.5. The summed E-state index contributed by atoms with van der Waals surface area (Å²) in [6.07, 6.45) is 8.81. The van der Waals surface area contributed by atoms with Crippen LogP contribution >= 0.6 is 27.7 Å². The van der Waals surface area contributed by atoms with Gasteiger partial charge in [0.1, 0.15) is 16.3 Å². The Morgan fingerprint density at radius 1 is 1.48 bits per heavy atom. The lowest BCUT2D eigenvalue weighted by atomic mass is 10.1. The third-order valence-electron chi connectivity index (χ3n) is 3.92. The molecule has 2 aromatic rings. The number of anilines is 1. The molecule has 7 nitrogen and oxygen atoms in total. The quantitative estimate of drug-likeness (QED) is 0.795. The molecule has 0 bridgehead atoms. The first-order chi connectivity index (χ1) is 12.0. The number of hydrogen-bond acceptors (Lipinski definition) is 6. The number of thioether (sulfide) groups is 1. The Morgan fingerprint density at radius 3 is 3.12 bits per heavy atom. The van der Waals surface area contributed by atoms with Gasteiger partial charge in [0.05, 0.1) is 30.9 Å². The number of rotatable bonds is 3. The fourth-order valence-electron chi connectivity index (χ4n) is 2.67. The van der Waals surface area contributed by atoms with Gasteiger partial charge in [0.15, 0.2) is 5.16 Å². The van der Waals surface area contributed by atoms with Gasteiger partial charge in [-0.3, -0.25) is 14.3 Å². The van der Waals surface area contributed by atoms with Crippen LogP contribution in [-0.2, 0) is 0 Å². The summed E-state index contributed by atoms with van der Waals surface area (Å²) >= 11 is 5.05. The lowest BCUT2D eigenvalue weighted by Gasteiger charge is -2.28. The van der Waals surface area contributed by atoms with Gasteiger partial charge in [-0.2, -0.15) is 0 Å². The van der Waals surface area contributed by atoms with E-state index in [-0.39, 0.29) is 10.8 Å². The van der Waals surface area contributed by atoms with Crippen molar-refractivity contribution in [3.8, 4) is 5.75 Å². The van der Waals surface area contributed by atoms with Crippen LogP contribution in [0.15, 0.2) is 46.6 Å². The average molecular weight is 420 g/mol. The van der Waals surface area contributed by atoms with Gasteiger partial charge >= 0.3 is 0 Å². The van der Waals surface area contributed by atoms with Crippen LogP contribution in [0.3, 0.4) is 0 Å². The summed E-state index contributed by atoms with van der Waals surface area (Å²) in [5.74, 6) is 0.282. The van der Waals surface area contributed by atoms with Gasteiger partial charge in [0, 0.05) is 22.9 Å². The van der Waals surface area contributed by atoms with Crippen LogP contribution in [0.4, 0.5) is 5.69 Å². The summed E-state index contributed by atoms with van der Waals surface area (Å²) in [6, 6.07) is 1.70. The van der Waals surface area contributed by atoms with Crippen molar-refractivity contribution < 1.29 is 9.53 Å². The molecule has 128 valence electrons. The number of ether oxygens (including phenoxy) is 1. The molecular weight excluding hydrogens is 406 g/mol. The van der Waals surface area contributed by atoms with Crippen molar-refractivity contribution in [1.82, 2.24) is 19.9 Å². The minimum atomic E-state index is -0.293. The van der Waals surface area contributed by atoms with Crippen molar-refractivity contribution >= 4 is 45.0 Å². The number of imidazole rings is 1. The molecule has 25 heavy (non-hydrogen) atoms. The molecule has 0 aromatic carbocycles. The molecule has 2 aliphatic heterocycles. The molecule has 9 heteroatoms. The number of halogens is 1. The first-order valence-electron chi connectivity index (χ1n) is 7.43. The zero-order chi connectivity index (χ0) is 17.6. The van der Waals surface area contributed by atoms with Crippen molar-refractivity contribution in [2.24, 2.45) is 0 Å².